The van der Waals surface area contributed by atoms with Gasteiger partial charge in [0.2, 0.25) is 5.95 Å². The Morgan fingerprint density at radius 2 is 2.50 bits per heavy atom. The van der Waals surface area contributed by atoms with Crippen LogP contribution in [0.4, 0.5) is 11.8 Å². The number of ether oxygens (including phenoxy) is 1. The van der Waals surface area contributed by atoms with Crippen LogP contribution in [0.2, 0.25) is 0 Å². The zero-order valence-electron chi connectivity index (χ0n) is 9.19. The molecule has 16 heavy (non-hydrogen) atoms. The molecule has 6 heteroatoms. The van der Waals surface area contributed by atoms with Crippen LogP contribution < -0.4 is 10.6 Å². The standard InChI is InChI=1S/C10H15BrN4O/c1-15(6-7-3-2-4-16-7)9-8(11)5-13-10(12)14-9/h5,7H,2-4,6H2,1H3,(H2,12,13,14). The topological polar surface area (TPSA) is 64.3 Å². The summed E-state index contributed by atoms with van der Waals surface area (Å²) >= 11 is 3.42. The predicted octanol–water partition coefficient (Wildman–Crippen LogP) is 1.44. The molecule has 0 radical (unpaired) electrons. The number of nitrogens with zero attached hydrogens (tertiary/aromatic N) is 3. The highest BCUT2D eigenvalue weighted by Crippen LogP contribution is 2.24. The van der Waals surface area contributed by atoms with E-state index >= 15 is 0 Å². The minimum atomic E-state index is 0.289. The first kappa shape index (κ1) is 11.6. The predicted molar refractivity (Wildman–Crippen MR) is 66.4 cm³/mol. The van der Waals surface area contributed by atoms with E-state index in [-0.39, 0.29) is 5.95 Å². The average Bonchev–Trinajstić information content (AvgIpc) is 2.74. The van der Waals surface area contributed by atoms with Crippen molar-refractivity contribution in [3.8, 4) is 0 Å². The van der Waals surface area contributed by atoms with Crippen LogP contribution in [-0.2, 0) is 4.74 Å². The van der Waals surface area contributed by atoms with Crippen LogP contribution in [0.15, 0.2) is 10.7 Å². The van der Waals surface area contributed by atoms with Gasteiger partial charge in [0, 0.05) is 26.4 Å². The first-order valence-corrected chi connectivity index (χ1v) is 6.07. The summed E-state index contributed by atoms with van der Waals surface area (Å²) in [5.41, 5.74) is 5.57. The summed E-state index contributed by atoms with van der Waals surface area (Å²) in [5, 5.41) is 0. The summed E-state index contributed by atoms with van der Waals surface area (Å²) in [7, 11) is 1.98. The Morgan fingerprint density at radius 1 is 1.69 bits per heavy atom. The number of aromatic nitrogens is 2. The van der Waals surface area contributed by atoms with E-state index in [4.69, 9.17) is 10.5 Å². The van der Waals surface area contributed by atoms with Gasteiger partial charge in [0.1, 0.15) is 5.82 Å². The lowest BCUT2D eigenvalue weighted by Crippen LogP contribution is -2.29. The molecule has 1 unspecified atom stereocenters. The smallest absolute Gasteiger partial charge is 0.222 e. The van der Waals surface area contributed by atoms with Crippen molar-refractivity contribution in [1.82, 2.24) is 9.97 Å². The van der Waals surface area contributed by atoms with E-state index in [9.17, 15) is 0 Å². The van der Waals surface area contributed by atoms with Gasteiger partial charge in [-0.3, -0.25) is 0 Å². The summed E-state index contributed by atoms with van der Waals surface area (Å²) < 4.78 is 6.43. The maximum Gasteiger partial charge on any atom is 0.222 e. The largest absolute Gasteiger partial charge is 0.376 e. The molecule has 2 N–H and O–H groups in total. The minimum Gasteiger partial charge on any atom is -0.376 e. The number of likely N-dealkylation sites (N-methyl/N-ethyl adjacent to an activating group) is 1. The molecular formula is C10H15BrN4O. The van der Waals surface area contributed by atoms with E-state index in [2.05, 4.69) is 25.9 Å². The number of nitrogen functional groups attached to an aromatic ring is 1. The van der Waals surface area contributed by atoms with Crippen molar-refractivity contribution < 1.29 is 4.74 Å². The molecule has 1 aromatic rings. The Kier molecular flexibility index (Phi) is 3.60. The second-order valence-corrected chi connectivity index (χ2v) is 4.77. The summed E-state index contributed by atoms with van der Waals surface area (Å²) in [4.78, 5) is 10.2. The molecule has 0 aromatic carbocycles. The molecular weight excluding hydrogens is 272 g/mol. The fourth-order valence-electron chi connectivity index (χ4n) is 1.82. The fraction of sp³-hybridized carbons (Fsp3) is 0.600. The Morgan fingerprint density at radius 3 is 3.19 bits per heavy atom. The van der Waals surface area contributed by atoms with Crippen molar-refractivity contribution in [3.05, 3.63) is 10.7 Å². The van der Waals surface area contributed by atoms with Crippen molar-refractivity contribution in [2.45, 2.75) is 18.9 Å². The number of nitrogens with two attached hydrogens (primary N) is 1. The highest BCUT2D eigenvalue weighted by Gasteiger charge is 2.19. The van der Waals surface area contributed by atoms with Crippen molar-refractivity contribution in [3.63, 3.8) is 0 Å². The van der Waals surface area contributed by atoms with Crippen molar-refractivity contribution in [2.75, 3.05) is 30.8 Å². The number of hydrogen-bond acceptors (Lipinski definition) is 5. The SMILES string of the molecule is CN(CC1CCCO1)c1nc(N)ncc1Br. The van der Waals surface area contributed by atoms with Crippen LogP contribution >= 0.6 is 15.9 Å². The lowest BCUT2D eigenvalue weighted by atomic mass is 10.2. The zero-order valence-corrected chi connectivity index (χ0v) is 10.8. The third-order valence-corrected chi connectivity index (χ3v) is 3.17. The summed E-state index contributed by atoms with van der Waals surface area (Å²) in [5.74, 6) is 1.10. The minimum absolute atomic E-state index is 0.289. The Balaban J connectivity index is 2.07. The highest BCUT2D eigenvalue weighted by atomic mass is 79.9. The molecule has 1 aromatic heterocycles. The maximum atomic E-state index is 5.58. The third-order valence-electron chi connectivity index (χ3n) is 2.61. The van der Waals surface area contributed by atoms with Gasteiger partial charge in [-0.25, -0.2) is 4.98 Å². The second kappa shape index (κ2) is 4.97. The van der Waals surface area contributed by atoms with Crippen LogP contribution in [0.25, 0.3) is 0 Å². The first-order valence-electron chi connectivity index (χ1n) is 5.27. The Hall–Kier alpha value is -0.880. The number of rotatable bonds is 3. The average molecular weight is 287 g/mol. The molecule has 5 nitrogen and oxygen atoms in total. The maximum absolute atomic E-state index is 5.58. The molecule has 88 valence electrons. The Bertz CT molecular complexity index is 368. The zero-order chi connectivity index (χ0) is 11.5. The first-order chi connectivity index (χ1) is 7.66. The Labute approximate surface area is 103 Å². The lowest BCUT2D eigenvalue weighted by Gasteiger charge is -2.22. The van der Waals surface area contributed by atoms with Crippen LogP contribution in [-0.4, -0.2) is 36.3 Å². The van der Waals surface area contributed by atoms with Crippen molar-refractivity contribution in [1.29, 1.82) is 0 Å². The van der Waals surface area contributed by atoms with Gasteiger partial charge in [0.05, 0.1) is 10.6 Å². The number of halogens is 1. The monoisotopic (exact) mass is 286 g/mol. The van der Waals surface area contributed by atoms with Gasteiger partial charge < -0.3 is 15.4 Å². The van der Waals surface area contributed by atoms with Gasteiger partial charge >= 0.3 is 0 Å². The van der Waals surface area contributed by atoms with E-state index in [1.807, 2.05) is 11.9 Å². The van der Waals surface area contributed by atoms with E-state index in [0.717, 1.165) is 36.3 Å². The lowest BCUT2D eigenvalue weighted by molar-refractivity contribution is 0.116. The molecule has 0 bridgehead atoms. The molecule has 1 fully saturated rings. The molecule has 2 rings (SSSR count). The van der Waals surface area contributed by atoms with Crippen LogP contribution in [0.1, 0.15) is 12.8 Å². The molecule has 1 atom stereocenters. The van der Waals surface area contributed by atoms with Gasteiger partial charge in [-0.05, 0) is 28.8 Å². The molecule has 0 spiro atoms. The highest BCUT2D eigenvalue weighted by molar-refractivity contribution is 9.10. The van der Waals surface area contributed by atoms with Gasteiger partial charge in [-0.15, -0.1) is 0 Å². The molecule has 2 heterocycles. The van der Waals surface area contributed by atoms with Crippen molar-refractivity contribution in [2.24, 2.45) is 0 Å². The van der Waals surface area contributed by atoms with Gasteiger partial charge in [-0.1, -0.05) is 0 Å². The van der Waals surface area contributed by atoms with Gasteiger partial charge in [-0.2, -0.15) is 4.98 Å². The summed E-state index contributed by atoms with van der Waals surface area (Å²) in [6.07, 6.45) is 4.23. The summed E-state index contributed by atoms with van der Waals surface area (Å²) in [6.45, 7) is 1.70. The van der Waals surface area contributed by atoms with Gasteiger partial charge in [0.25, 0.3) is 0 Å². The normalized spacial score (nSPS) is 20.0. The molecule has 1 saturated heterocycles. The van der Waals surface area contributed by atoms with E-state index < -0.39 is 0 Å². The van der Waals surface area contributed by atoms with Crippen molar-refractivity contribution >= 4 is 27.7 Å². The fourth-order valence-corrected chi connectivity index (χ4v) is 2.31. The van der Waals surface area contributed by atoms with E-state index in [1.165, 1.54) is 0 Å². The van der Waals surface area contributed by atoms with Gasteiger partial charge in [0.15, 0.2) is 0 Å². The molecule has 0 aliphatic carbocycles. The second-order valence-electron chi connectivity index (χ2n) is 3.92. The summed E-state index contributed by atoms with van der Waals surface area (Å²) in [6, 6.07) is 0. The third kappa shape index (κ3) is 2.62. The molecule has 0 saturated carbocycles. The van der Waals surface area contributed by atoms with Crippen LogP contribution in [0, 0.1) is 0 Å². The molecule has 1 aliphatic heterocycles. The quantitative estimate of drug-likeness (QED) is 0.911. The van der Waals surface area contributed by atoms with Crippen LogP contribution in [0.3, 0.4) is 0 Å². The van der Waals surface area contributed by atoms with E-state index in [0.29, 0.717) is 6.10 Å². The molecule has 1 aliphatic rings. The van der Waals surface area contributed by atoms with E-state index in [1.54, 1.807) is 6.20 Å². The van der Waals surface area contributed by atoms with Crippen LogP contribution in [0.5, 0.6) is 0 Å². The number of anilines is 2. The number of hydrogen-bond donors (Lipinski definition) is 1. The molecule has 0 amide bonds.